The summed E-state index contributed by atoms with van der Waals surface area (Å²) in [6, 6.07) is 0. The highest BCUT2D eigenvalue weighted by atomic mass is 16.6. The van der Waals surface area contributed by atoms with E-state index >= 15 is 0 Å². The first kappa shape index (κ1) is 16.6. The number of carbonyl (C=O) groups is 1. The number of hydrogen-bond donors (Lipinski definition) is 3. The van der Waals surface area contributed by atoms with Gasteiger partial charge in [0.15, 0.2) is 0 Å². The lowest BCUT2D eigenvalue weighted by Gasteiger charge is -2.09. The zero-order chi connectivity index (χ0) is 15.8. The summed E-state index contributed by atoms with van der Waals surface area (Å²) in [6.45, 7) is 4.87. The standard InChI is InChI=1S/C12H20N6O3/c1-8(2)6-15-9(19)4-5-14-12-10(18(20)21)11(13-3)16-7-17-12/h7-8H,4-6H2,1-3H3,(H,15,19)(H2,13,14,16,17). The fourth-order valence-electron chi connectivity index (χ4n) is 1.56. The molecule has 1 heterocycles. The van der Waals surface area contributed by atoms with Crippen LogP contribution in [0.15, 0.2) is 6.33 Å². The molecule has 9 heteroatoms. The maximum absolute atomic E-state index is 11.5. The fourth-order valence-corrected chi connectivity index (χ4v) is 1.56. The van der Waals surface area contributed by atoms with Crippen LogP contribution in [0, 0.1) is 16.0 Å². The third-order valence-corrected chi connectivity index (χ3v) is 2.59. The second-order valence-electron chi connectivity index (χ2n) is 4.80. The van der Waals surface area contributed by atoms with Gasteiger partial charge in [0.2, 0.25) is 17.5 Å². The van der Waals surface area contributed by atoms with Crippen LogP contribution in [-0.2, 0) is 4.79 Å². The third-order valence-electron chi connectivity index (χ3n) is 2.59. The summed E-state index contributed by atoms with van der Waals surface area (Å²) in [4.78, 5) is 29.7. The Bertz CT molecular complexity index is 506. The van der Waals surface area contributed by atoms with E-state index in [1.165, 1.54) is 6.33 Å². The normalized spacial score (nSPS) is 10.3. The molecular formula is C12H20N6O3. The van der Waals surface area contributed by atoms with E-state index in [1.807, 2.05) is 13.8 Å². The van der Waals surface area contributed by atoms with Gasteiger partial charge in [-0.1, -0.05) is 13.8 Å². The van der Waals surface area contributed by atoms with Crippen molar-refractivity contribution in [2.45, 2.75) is 20.3 Å². The van der Waals surface area contributed by atoms with E-state index in [0.29, 0.717) is 12.5 Å². The highest BCUT2D eigenvalue weighted by Gasteiger charge is 2.21. The molecule has 0 saturated heterocycles. The zero-order valence-corrected chi connectivity index (χ0v) is 12.3. The van der Waals surface area contributed by atoms with Crippen molar-refractivity contribution in [3.8, 4) is 0 Å². The molecule has 1 aromatic heterocycles. The van der Waals surface area contributed by atoms with E-state index in [-0.39, 0.29) is 36.2 Å². The van der Waals surface area contributed by atoms with Gasteiger partial charge in [0.1, 0.15) is 6.33 Å². The number of hydrogen-bond acceptors (Lipinski definition) is 7. The van der Waals surface area contributed by atoms with Crippen molar-refractivity contribution in [1.29, 1.82) is 0 Å². The monoisotopic (exact) mass is 296 g/mol. The van der Waals surface area contributed by atoms with Gasteiger partial charge in [-0.15, -0.1) is 0 Å². The number of nitrogens with one attached hydrogen (secondary N) is 3. The molecule has 21 heavy (non-hydrogen) atoms. The minimum absolute atomic E-state index is 0.0935. The molecule has 0 bridgehead atoms. The minimum atomic E-state index is -0.562. The third kappa shape index (κ3) is 5.21. The Morgan fingerprint density at radius 2 is 2.05 bits per heavy atom. The average Bonchev–Trinajstić information content (AvgIpc) is 2.44. The first-order valence-electron chi connectivity index (χ1n) is 6.63. The molecule has 1 aromatic rings. The van der Waals surface area contributed by atoms with E-state index in [2.05, 4.69) is 25.9 Å². The summed E-state index contributed by atoms with van der Waals surface area (Å²) in [6.07, 6.45) is 1.43. The van der Waals surface area contributed by atoms with E-state index in [9.17, 15) is 14.9 Å². The van der Waals surface area contributed by atoms with Crippen LogP contribution in [-0.4, -0.2) is 40.9 Å². The molecule has 0 atom stereocenters. The maximum atomic E-state index is 11.5. The summed E-state index contributed by atoms with van der Waals surface area (Å²) < 4.78 is 0. The lowest BCUT2D eigenvalue weighted by atomic mass is 10.2. The smallest absolute Gasteiger partial charge is 0.353 e. The molecule has 0 saturated carbocycles. The molecule has 0 spiro atoms. The molecule has 0 radical (unpaired) electrons. The molecule has 0 fully saturated rings. The summed E-state index contributed by atoms with van der Waals surface area (Å²) in [5.74, 6) is 0.488. The predicted octanol–water partition coefficient (Wildman–Crippen LogP) is 1.00. The second-order valence-corrected chi connectivity index (χ2v) is 4.80. The number of aromatic nitrogens is 2. The molecular weight excluding hydrogens is 276 g/mol. The lowest BCUT2D eigenvalue weighted by Crippen LogP contribution is -2.28. The SMILES string of the molecule is CNc1ncnc(NCCC(=O)NCC(C)C)c1[N+](=O)[O-]. The average molecular weight is 296 g/mol. The van der Waals surface area contributed by atoms with Gasteiger partial charge in [-0.25, -0.2) is 9.97 Å². The Morgan fingerprint density at radius 1 is 1.38 bits per heavy atom. The van der Waals surface area contributed by atoms with Crippen LogP contribution in [0.1, 0.15) is 20.3 Å². The number of rotatable bonds is 8. The lowest BCUT2D eigenvalue weighted by molar-refractivity contribution is -0.383. The number of amides is 1. The largest absolute Gasteiger partial charge is 0.367 e. The van der Waals surface area contributed by atoms with Gasteiger partial charge < -0.3 is 16.0 Å². The Kier molecular flexibility index (Phi) is 6.31. The predicted molar refractivity (Wildman–Crippen MR) is 79.2 cm³/mol. The van der Waals surface area contributed by atoms with Gasteiger partial charge in [0, 0.05) is 26.6 Å². The van der Waals surface area contributed by atoms with Gasteiger partial charge in [-0.05, 0) is 5.92 Å². The summed E-state index contributed by atoms with van der Waals surface area (Å²) in [5.41, 5.74) is -0.234. The van der Waals surface area contributed by atoms with Crippen molar-refractivity contribution in [2.75, 3.05) is 30.8 Å². The number of nitro groups is 1. The van der Waals surface area contributed by atoms with Gasteiger partial charge in [-0.2, -0.15) is 0 Å². The Morgan fingerprint density at radius 3 is 2.62 bits per heavy atom. The van der Waals surface area contributed by atoms with Crippen molar-refractivity contribution < 1.29 is 9.72 Å². The topological polar surface area (TPSA) is 122 Å². The first-order valence-corrected chi connectivity index (χ1v) is 6.63. The summed E-state index contributed by atoms with van der Waals surface area (Å²) in [7, 11) is 1.54. The van der Waals surface area contributed by atoms with Crippen molar-refractivity contribution in [3.63, 3.8) is 0 Å². The van der Waals surface area contributed by atoms with E-state index in [0.717, 1.165) is 0 Å². The molecule has 0 aliphatic carbocycles. The Hall–Kier alpha value is -2.45. The molecule has 1 rings (SSSR count). The van der Waals surface area contributed by atoms with Gasteiger partial charge >= 0.3 is 5.69 Å². The Balaban J connectivity index is 2.60. The van der Waals surface area contributed by atoms with Crippen molar-refractivity contribution in [3.05, 3.63) is 16.4 Å². The minimum Gasteiger partial charge on any atom is -0.367 e. The number of anilines is 2. The molecule has 3 N–H and O–H groups in total. The van der Waals surface area contributed by atoms with E-state index < -0.39 is 4.92 Å². The van der Waals surface area contributed by atoms with Gasteiger partial charge in [-0.3, -0.25) is 14.9 Å². The molecule has 0 unspecified atom stereocenters. The summed E-state index contributed by atoms with van der Waals surface area (Å²) >= 11 is 0. The molecule has 116 valence electrons. The van der Waals surface area contributed by atoms with E-state index in [1.54, 1.807) is 7.05 Å². The van der Waals surface area contributed by atoms with Crippen LogP contribution in [0.2, 0.25) is 0 Å². The van der Waals surface area contributed by atoms with Crippen molar-refractivity contribution in [1.82, 2.24) is 15.3 Å². The highest BCUT2D eigenvalue weighted by Crippen LogP contribution is 2.28. The van der Waals surface area contributed by atoms with Crippen LogP contribution < -0.4 is 16.0 Å². The highest BCUT2D eigenvalue weighted by molar-refractivity contribution is 5.76. The molecule has 1 amide bonds. The molecule has 0 aromatic carbocycles. The van der Waals surface area contributed by atoms with Crippen LogP contribution in [0.3, 0.4) is 0 Å². The Labute approximate surface area is 122 Å². The zero-order valence-electron chi connectivity index (χ0n) is 12.3. The summed E-state index contributed by atoms with van der Waals surface area (Å²) in [5, 5.41) is 19.2. The van der Waals surface area contributed by atoms with Crippen LogP contribution in [0.5, 0.6) is 0 Å². The van der Waals surface area contributed by atoms with Gasteiger partial charge in [0.25, 0.3) is 0 Å². The number of nitrogens with zero attached hydrogens (tertiary/aromatic N) is 3. The van der Waals surface area contributed by atoms with Crippen LogP contribution in [0.25, 0.3) is 0 Å². The first-order chi connectivity index (χ1) is 9.95. The van der Waals surface area contributed by atoms with Crippen molar-refractivity contribution in [2.24, 2.45) is 5.92 Å². The maximum Gasteiger partial charge on any atom is 0.353 e. The van der Waals surface area contributed by atoms with Crippen LogP contribution >= 0.6 is 0 Å². The van der Waals surface area contributed by atoms with Crippen LogP contribution in [0.4, 0.5) is 17.3 Å². The van der Waals surface area contributed by atoms with E-state index in [4.69, 9.17) is 0 Å². The number of carbonyl (C=O) groups excluding carboxylic acids is 1. The van der Waals surface area contributed by atoms with Crippen molar-refractivity contribution >= 4 is 23.2 Å². The molecule has 9 nitrogen and oxygen atoms in total. The second kappa shape index (κ2) is 7.98. The quantitative estimate of drug-likeness (QED) is 0.483. The fraction of sp³-hybridized carbons (Fsp3) is 0.583. The van der Waals surface area contributed by atoms with Gasteiger partial charge in [0.05, 0.1) is 4.92 Å². The molecule has 0 aliphatic rings. The molecule has 0 aliphatic heterocycles.